The Morgan fingerprint density at radius 2 is 1.77 bits per heavy atom. The number of hydrogen-bond acceptors (Lipinski definition) is 6. The number of hydrogen-bond donors (Lipinski definition) is 1. The number of thioether (sulfide) groups is 1. The number of aryl methyl sites for hydroxylation is 1. The standard InChI is InChI=1S/C11H10Cl2F2N4O3S.C9H17NOS/c1-5-16-19(11(20)18(5)10(14)15)9-4-8(17-23(2,21)22)6(12)3-7(9)13;1-2-12-9(11)10-7-5-3-4-6-8-10/h3-4,10,17H,1-2H3;2-8H2,1H3. The second kappa shape index (κ2) is 12.9. The predicted molar refractivity (Wildman–Crippen MR) is 136 cm³/mol. The number of alkyl halides is 2. The van der Waals surface area contributed by atoms with E-state index in [-0.39, 0.29) is 37.1 Å². The van der Waals surface area contributed by atoms with Crippen molar-refractivity contribution < 1.29 is 22.0 Å². The van der Waals surface area contributed by atoms with Crippen LogP contribution in [0.25, 0.3) is 5.69 Å². The van der Waals surface area contributed by atoms with E-state index in [0.717, 1.165) is 31.2 Å². The first-order chi connectivity index (χ1) is 16.4. The van der Waals surface area contributed by atoms with Crippen molar-refractivity contribution in [3.05, 3.63) is 38.5 Å². The third kappa shape index (κ3) is 8.36. The van der Waals surface area contributed by atoms with Gasteiger partial charge < -0.3 is 4.90 Å². The van der Waals surface area contributed by atoms with Crippen molar-refractivity contribution in [2.24, 2.45) is 0 Å². The molecule has 0 saturated carbocycles. The van der Waals surface area contributed by atoms with Gasteiger partial charge in [0.15, 0.2) is 0 Å². The molecule has 0 radical (unpaired) electrons. The number of amides is 1. The Hall–Kier alpha value is -1.83. The second-order valence-electron chi connectivity index (χ2n) is 7.65. The van der Waals surface area contributed by atoms with Crippen LogP contribution in [0.3, 0.4) is 0 Å². The molecule has 2 heterocycles. The van der Waals surface area contributed by atoms with E-state index in [0.29, 0.717) is 4.68 Å². The van der Waals surface area contributed by atoms with E-state index in [1.807, 2.05) is 11.8 Å². The largest absolute Gasteiger partial charge is 0.355 e. The number of halogens is 4. The van der Waals surface area contributed by atoms with Gasteiger partial charge in [-0.25, -0.2) is 17.8 Å². The third-order valence-electron chi connectivity index (χ3n) is 4.87. The average molecular weight is 575 g/mol. The van der Waals surface area contributed by atoms with Crippen molar-refractivity contribution in [2.45, 2.75) is 46.1 Å². The Morgan fingerprint density at radius 1 is 1.17 bits per heavy atom. The molecule has 1 saturated heterocycles. The van der Waals surface area contributed by atoms with E-state index in [1.165, 1.54) is 50.4 Å². The van der Waals surface area contributed by atoms with Crippen LogP contribution in [0.1, 0.15) is 45.0 Å². The van der Waals surface area contributed by atoms with Gasteiger partial charge in [0.2, 0.25) is 10.0 Å². The van der Waals surface area contributed by atoms with Gasteiger partial charge in [-0.15, -0.1) is 5.10 Å². The Kier molecular flexibility index (Phi) is 10.9. The summed E-state index contributed by atoms with van der Waals surface area (Å²) in [7, 11) is -3.65. The molecule has 15 heteroatoms. The Morgan fingerprint density at radius 3 is 2.26 bits per heavy atom. The lowest BCUT2D eigenvalue weighted by Gasteiger charge is -2.18. The third-order valence-corrected chi connectivity index (χ3v) is 6.87. The quantitative estimate of drug-likeness (QED) is 0.530. The number of nitrogens with zero attached hydrogens (tertiary/aromatic N) is 4. The fraction of sp³-hybridized carbons (Fsp3) is 0.550. The maximum atomic E-state index is 12.8. The Bertz CT molecular complexity index is 1200. The van der Waals surface area contributed by atoms with E-state index in [1.54, 1.807) is 0 Å². The first-order valence-corrected chi connectivity index (χ1v) is 14.3. The van der Waals surface area contributed by atoms with E-state index >= 15 is 0 Å². The number of aromatic nitrogens is 3. The fourth-order valence-electron chi connectivity index (χ4n) is 3.30. The molecule has 1 amide bonds. The summed E-state index contributed by atoms with van der Waals surface area (Å²) in [6, 6.07) is 2.31. The van der Waals surface area contributed by atoms with Crippen molar-refractivity contribution in [3.63, 3.8) is 0 Å². The van der Waals surface area contributed by atoms with Crippen LogP contribution in [0.4, 0.5) is 19.3 Å². The average Bonchev–Trinajstić information content (AvgIpc) is 2.92. The van der Waals surface area contributed by atoms with Gasteiger partial charge in [-0.3, -0.25) is 9.52 Å². The monoisotopic (exact) mass is 573 g/mol. The molecule has 0 unspecified atom stereocenters. The number of rotatable bonds is 5. The highest BCUT2D eigenvalue weighted by atomic mass is 35.5. The van der Waals surface area contributed by atoms with Crippen LogP contribution in [0, 0.1) is 6.92 Å². The number of likely N-dealkylation sites (tertiary alicyclic amines) is 1. The number of nitrogens with one attached hydrogen (secondary N) is 1. The molecule has 1 aromatic heterocycles. The first kappa shape index (κ1) is 29.4. The van der Waals surface area contributed by atoms with Crippen LogP contribution in [-0.4, -0.2) is 58.0 Å². The number of anilines is 1. The van der Waals surface area contributed by atoms with E-state index in [9.17, 15) is 26.8 Å². The molecule has 9 nitrogen and oxygen atoms in total. The molecule has 35 heavy (non-hydrogen) atoms. The summed E-state index contributed by atoms with van der Waals surface area (Å²) in [5.41, 5.74) is -1.27. The van der Waals surface area contributed by atoms with E-state index < -0.39 is 22.3 Å². The fourth-order valence-corrected chi connectivity index (χ4v) is 5.05. The number of carbonyl (C=O) groups excluding carboxylic acids is 1. The van der Waals surface area contributed by atoms with Gasteiger partial charge in [-0.1, -0.05) is 54.7 Å². The summed E-state index contributed by atoms with van der Waals surface area (Å²) in [5.74, 6) is 0.670. The molecule has 1 aromatic carbocycles. The van der Waals surface area contributed by atoms with Gasteiger partial charge in [0.25, 0.3) is 5.24 Å². The topological polar surface area (TPSA) is 106 Å². The molecule has 1 N–H and O–H groups in total. The number of sulfonamides is 1. The van der Waals surface area contributed by atoms with Crippen molar-refractivity contribution >= 4 is 55.9 Å². The summed E-state index contributed by atoms with van der Waals surface area (Å²) in [4.78, 5) is 25.5. The van der Waals surface area contributed by atoms with Crippen molar-refractivity contribution in [1.29, 1.82) is 0 Å². The Balaban J connectivity index is 0.000000303. The van der Waals surface area contributed by atoms with Crippen molar-refractivity contribution in [3.8, 4) is 5.69 Å². The van der Waals surface area contributed by atoms with E-state index in [4.69, 9.17) is 23.2 Å². The van der Waals surface area contributed by atoms with Gasteiger partial charge in [0.05, 0.1) is 27.7 Å². The Labute approximate surface area is 216 Å². The minimum Gasteiger partial charge on any atom is -0.334 e. The summed E-state index contributed by atoms with van der Waals surface area (Å²) < 4.78 is 51.3. The molecular weight excluding hydrogens is 547 g/mol. The predicted octanol–water partition coefficient (Wildman–Crippen LogP) is 5.15. The van der Waals surface area contributed by atoms with Crippen LogP contribution >= 0.6 is 35.0 Å². The molecule has 0 spiro atoms. The highest BCUT2D eigenvalue weighted by Gasteiger charge is 2.21. The lowest BCUT2D eigenvalue weighted by Crippen LogP contribution is -2.28. The lowest BCUT2D eigenvalue weighted by molar-refractivity contribution is 0.0640. The molecule has 2 aromatic rings. The first-order valence-electron chi connectivity index (χ1n) is 10.7. The molecule has 3 rings (SSSR count). The SMILES string of the molecule is CCSC(=O)N1CCCCCC1.Cc1nn(-c2cc(NS(C)(=O)=O)c(Cl)cc2Cl)c(=O)n1C(F)F. The van der Waals surface area contributed by atoms with Gasteiger partial charge >= 0.3 is 12.2 Å². The summed E-state index contributed by atoms with van der Waals surface area (Å²) in [6.45, 7) is 2.14. The molecule has 196 valence electrons. The summed E-state index contributed by atoms with van der Waals surface area (Å²) in [6.07, 6.45) is 5.87. The van der Waals surface area contributed by atoms with Gasteiger partial charge in [-0.2, -0.15) is 13.5 Å². The molecular formula is C20H27Cl2F2N5O4S2. The second-order valence-corrected chi connectivity index (χ2v) is 11.4. The van der Waals surface area contributed by atoms with Crippen molar-refractivity contribution in [2.75, 3.05) is 29.8 Å². The molecule has 0 atom stereocenters. The molecule has 0 bridgehead atoms. The minimum absolute atomic E-state index is 0.0257. The smallest absolute Gasteiger partial charge is 0.334 e. The van der Waals surface area contributed by atoms with Crippen molar-refractivity contribution in [1.82, 2.24) is 19.2 Å². The van der Waals surface area contributed by atoms with Crippen LogP contribution in [0.2, 0.25) is 10.0 Å². The highest BCUT2D eigenvalue weighted by molar-refractivity contribution is 8.13. The summed E-state index contributed by atoms with van der Waals surface area (Å²) >= 11 is 13.3. The normalized spacial score (nSPS) is 14.3. The van der Waals surface area contributed by atoms with Crippen LogP contribution in [-0.2, 0) is 10.0 Å². The summed E-state index contributed by atoms with van der Waals surface area (Å²) in [5, 5.41) is 3.90. The zero-order chi connectivity index (χ0) is 26.3. The van der Waals surface area contributed by atoms with Crippen LogP contribution in [0.15, 0.2) is 16.9 Å². The van der Waals surface area contributed by atoms with E-state index in [2.05, 4.69) is 9.82 Å². The maximum Gasteiger partial charge on any atom is 0.355 e. The van der Waals surface area contributed by atoms with Gasteiger partial charge in [-0.05, 0) is 37.7 Å². The molecule has 1 aliphatic heterocycles. The molecule has 1 fully saturated rings. The van der Waals surface area contributed by atoms with Crippen LogP contribution < -0.4 is 10.4 Å². The minimum atomic E-state index is -3.65. The molecule has 1 aliphatic rings. The maximum absolute atomic E-state index is 12.8. The lowest BCUT2D eigenvalue weighted by atomic mass is 10.2. The van der Waals surface area contributed by atoms with Crippen LogP contribution in [0.5, 0.6) is 0 Å². The number of benzene rings is 1. The zero-order valence-electron chi connectivity index (χ0n) is 19.4. The zero-order valence-corrected chi connectivity index (χ0v) is 22.6. The number of carbonyl (C=O) groups is 1. The van der Waals surface area contributed by atoms with Gasteiger partial charge in [0.1, 0.15) is 5.82 Å². The molecule has 0 aliphatic carbocycles. The van der Waals surface area contributed by atoms with Gasteiger partial charge in [0, 0.05) is 13.1 Å². The highest BCUT2D eigenvalue weighted by Crippen LogP contribution is 2.31.